The third kappa shape index (κ3) is 4.45. The minimum Gasteiger partial charge on any atom is -0.350 e. The summed E-state index contributed by atoms with van der Waals surface area (Å²) >= 11 is 0.797. The van der Waals surface area contributed by atoms with Crippen LogP contribution in [0.3, 0.4) is 0 Å². The van der Waals surface area contributed by atoms with Gasteiger partial charge in [-0.1, -0.05) is 18.2 Å². The van der Waals surface area contributed by atoms with Gasteiger partial charge in [-0.3, -0.25) is 19.3 Å². The lowest BCUT2D eigenvalue weighted by molar-refractivity contribution is -0.122. The van der Waals surface area contributed by atoms with E-state index in [0.717, 1.165) is 16.7 Å². The summed E-state index contributed by atoms with van der Waals surface area (Å²) in [4.78, 5) is 37.9. The second-order valence-corrected chi connectivity index (χ2v) is 6.83. The van der Waals surface area contributed by atoms with Crippen LogP contribution in [0.15, 0.2) is 53.4 Å². The van der Waals surface area contributed by atoms with E-state index in [2.05, 4.69) is 5.32 Å². The molecule has 0 bridgehead atoms. The molecule has 6 nitrogen and oxygen atoms in total. The quantitative estimate of drug-likeness (QED) is 0.786. The molecule has 0 aromatic heterocycles. The molecular weight excluding hydrogens is 381 g/mol. The summed E-state index contributed by atoms with van der Waals surface area (Å²) in [7, 11) is 0. The van der Waals surface area contributed by atoms with Crippen LogP contribution in [0.1, 0.15) is 21.5 Å². The van der Waals surface area contributed by atoms with Crippen molar-refractivity contribution < 1.29 is 18.8 Å². The average molecular weight is 395 g/mol. The Morgan fingerprint density at radius 3 is 2.68 bits per heavy atom. The molecule has 1 heterocycles. The van der Waals surface area contributed by atoms with Crippen molar-refractivity contribution in [1.82, 2.24) is 10.2 Å². The van der Waals surface area contributed by atoms with Crippen LogP contribution in [0.25, 0.3) is 6.08 Å². The van der Waals surface area contributed by atoms with E-state index in [1.54, 1.807) is 18.2 Å². The molecule has 1 aliphatic rings. The molecule has 3 amide bonds. The Hall–Kier alpha value is -3.44. The molecule has 2 aromatic carbocycles. The first kappa shape index (κ1) is 19.3. The predicted molar refractivity (Wildman–Crippen MR) is 103 cm³/mol. The highest BCUT2D eigenvalue weighted by Crippen LogP contribution is 2.31. The fourth-order valence-corrected chi connectivity index (χ4v) is 3.38. The third-order valence-corrected chi connectivity index (χ3v) is 4.82. The normalized spacial score (nSPS) is 15.0. The molecule has 0 aliphatic carbocycles. The molecule has 1 N–H and O–H groups in total. The fraction of sp³-hybridized carbons (Fsp3) is 0.100. The monoisotopic (exact) mass is 395 g/mol. The number of nitrogens with zero attached hydrogens (tertiary/aromatic N) is 2. The van der Waals surface area contributed by atoms with Gasteiger partial charge in [0.25, 0.3) is 17.1 Å². The molecular formula is C20H14FN3O3S. The molecule has 1 aliphatic heterocycles. The van der Waals surface area contributed by atoms with Crippen LogP contribution in [-0.4, -0.2) is 35.0 Å². The number of nitrogens with one attached hydrogen (secondary N) is 1. The molecule has 0 spiro atoms. The molecule has 0 unspecified atom stereocenters. The van der Waals surface area contributed by atoms with E-state index in [-0.39, 0.29) is 23.8 Å². The molecule has 1 fully saturated rings. The maximum Gasteiger partial charge on any atom is 0.293 e. The van der Waals surface area contributed by atoms with Crippen LogP contribution < -0.4 is 5.32 Å². The van der Waals surface area contributed by atoms with Crippen molar-refractivity contribution in [3.8, 4) is 6.07 Å². The number of nitriles is 1. The number of amides is 3. The largest absolute Gasteiger partial charge is 0.350 e. The maximum atomic E-state index is 13.0. The Morgan fingerprint density at radius 2 is 1.96 bits per heavy atom. The fourth-order valence-electron chi connectivity index (χ4n) is 2.52. The van der Waals surface area contributed by atoms with Crippen LogP contribution in [-0.2, 0) is 4.79 Å². The van der Waals surface area contributed by atoms with Gasteiger partial charge >= 0.3 is 0 Å². The number of carbonyl (C=O) groups excluding carboxylic acids is 3. The summed E-state index contributed by atoms with van der Waals surface area (Å²) in [6.07, 6.45) is 1.52. The highest BCUT2D eigenvalue weighted by molar-refractivity contribution is 8.18. The summed E-state index contributed by atoms with van der Waals surface area (Å²) in [5.74, 6) is -1.24. The van der Waals surface area contributed by atoms with Gasteiger partial charge in [-0.2, -0.15) is 5.26 Å². The van der Waals surface area contributed by atoms with E-state index in [4.69, 9.17) is 5.26 Å². The van der Waals surface area contributed by atoms with E-state index < -0.39 is 17.1 Å². The Kier molecular flexibility index (Phi) is 5.87. The first-order valence-electron chi connectivity index (χ1n) is 8.27. The summed E-state index contributed by atoms with van der Waals surface area (Å²) in [6, 6.07) is 13.7. The molecule has 28 heavy (non-hydrogen) atoms. The number of hydrogen-bond acceptors (Lipinski definition) is 5. The van der Waals surface area contributed by atoms with Gasteiger partial charge in [0.2, 0.25) is 0 Å². The second-order valence-electron chi connectivity index (χ2n) is 5.83. The Bertz CT molecular complexity index is 1010. The van der Waals surface area contributed by atoms with Crippen LogP contribution >= 0.6 is 11.8 Å². The molecule has 2 aromatic rings. The van der Waals surface area contributed by atoms with Crippen molar-refractivity contribution in [2.45, 2.75) is 0 Å². The minimum atomic E-state index is -0.458. The van der Waals surface area contributed by atoms with Crippen LogP contribution in [0.2, 0.25) is 0 Å². The lowest BCUT2D eigenvalue weighted by atomic mass is 10.1. The highest BCUT2D eigenvalue weighted by atomic mass is 32.2. The summed E-state index contributed by atoms with van der Waals surface area (Å²) in [5, 5.41) is 11.1. The lowest BCUT2D eigenvalue weighted by Crippen LogP contribution is -2.37. The first-order valence-corrected chi connectivity index (χ1v) is 9.09. The summed E-state index contributed by atoms with van der Waals surface area (Å²) in [6.45, 7) is 0.104. The van der Waals surface area contributed by atoms with E-state index in [1.165, 1.54) is 36.4 Å². The average Bonchev–Trinajstić information content (AvgIpc) is 2.97. The number of rotatable bonds is 5. The summed E-state index contributed by atoms with van der Waals surface area (Å²) < 4.78 is 13.0. The number of hydrogen-bond donors (Lipinski definition) is 1. The van der Waals surface area contributed by atoms with Crippen LogP contribution in [0, 0.1) is 17.1 Å². The van der Waals surface area contributed by atoms with Gasteiger partial charge in [0.1, 0.15) is 5.82 Å². The molecule has 0 saturated carbocycles. The second kappa shape index (κ2) is 8.50. The van der Waals surface area contributed by atoms with Gasteiger partial charge in [0, 0.05) is 18.7 Å². The van der Waals surface area contributed by atoms with Crippen molar-refractivity contribution in [3.63, 3.8) is 0 Å². The molecule has 0 radical (unpaired) electrons. The molecule has 0 atom stereocenters. The molecule has 1 saturated heterocycles. The number of carbonyl (C=O) groups is 3. The zero-order valence-electron chi connectivity index (χ0n) is 14.5. The zero-order chi connectivity index (χ0) is 20.1. The predicted octanol–water partition coefficient (Wildman–Crippen LogP) is 3.16. The van der Waals surface area contributed by atoms with Gasteiger partial charge in [0.15, 0.2) is 0 Å². The summed E-state index contributed by atoms with van der Waals surface area (Å²) in [5.41, 5.74) is 1.30. The van der Waals surface area contributed by atoms with Crippen LogP contribution in [0.5, 0.6) is 0 Å². The Balaban J connectivity index is 1.59. The number of halogens is 1. The topological polar surface area (TPSA) is 90.3 Å². The lowest BCUT2D eigenvalue weighted by Gasteiger charge is -2.13. The smallest absolute Gasteiger partial charge is 0.293 e. The van der Waals surface area contributed by atoms with Crippen molar-refractivity contribution >= 4 is 34.9 Å². The SMILES string of the molecule is N#Cc1cccc(C(=O)NCCN2C(=O)SC(=Cc3ccc(F)cc3)C2=O)c1. The minimum absolute atomic E-state index is 0.0229. The molecule has 3 rings (SSSR count). The number of benzene rings is 2. The van der Waals surface area contributed by atoms with Gasteiger partial charge < -0.3 is 5.32 Å². The Labute approximate surface area is 164 Å². The van der Waals surface area contributed by atoms with Crippen molar-refractivity contribution in [2.24, 2.45) is 0 Å². The molecule has 140 valence electrons. The molecule has 8 heteroatoms. The number of thioether (sulfide) groups is 1. The van der Waals surface area contributed by atoms with E-state index in [1.807, 2.05) is 6.07 Å². The van der Waals surface area contributed by atoms with Gasteiger partial charge in [-0.25, -0.2) is 4.39 Å². The Morgan fingerprint density at radius 1 is 1.21 bits per heavy atom. The van der Waals surface area contributed by atoms with Gasteiger partial charge in [-0.05, 0) is 53.7 Å². The van der Waals surface area contributed by atoms with Gasteiger partial charge in [0.05, 0.1) is 16.5 Å². The highest BCUT2D eigenvalue weighted by Gasteiger charge is 2.34. The van der Waals surface area contributed by atoms with E-state index in [9.17, 15) is 18.8 Å². The standard InChI is InChI=1S/C20H14FN3O3S/c21-16-6-4-13(5-7-16)11-17-19(26)24(20(27)28-17)9-8-23-18(25)15-3-1-2-14(10-15)12-22/h1-7,10-11H,8-9H2,(H,23,25). The first-order chi connectivity index (χ1) is 13.5. The van der Waals surface area contributed by atoms with E-state index >= 15 is 0 Å². The van der Waals surface area contributed by atoms with E-state index in [0.29, 0.717) is 16.7 Å². The third-order valence-electron chi connectivity index (χ3n) is 3.92. The van der Waals surface area contributed by atoms with Crippen molar-refractivity contribution in [2.75, 3.05) is 13.1 Å². The van der Waals surface area contributed by atoms with Gasteiger partial charge in [-0.15, -0.1) is 0 Å². The van der Waals surface area contributed by atoms with Crippen molar-refractivity contribution in [1.29, 1.82) is 5.26 Å². The zero-order valence-corrected chi connectivity index (χ0v) is 15.3. The van der Waals surface area contributed by atoms with Crippen molar-refractivity contribution in [3.05, 3.63) is 75.9 Å². The van der Waals surface area contributed by atoms with Crippen LogP contribution in [0.4, 0.5) is 9.18 Å². The maximum absolute atomic E-state index is 13.0. The number of imide groups is 1.